The second-order valence-corrected chi connectivity index (χ2v) is 4.54. The molecule has 0 heterocycles. The highest BCUT2D eigenvalue weighted by molar-refractivity contribution is 5.63. The van der Waals surface area contributed by atoms with Crippen molar-refractivity contribution in [1.29, 1.82) is 0 Å². The molecule has 0 unspecified atom stereocenters. The van der Waals surface area contributed by atoms with Gasteiger partial charge in [-0.1, -0.05) is 20.8 Å². The molecular weight excluding hydrogens is 238 g/mol. The molecule has 0 aliphatic heterocycles. The van der Waals surface area contributed by atoms with E-state index < -0.39 is 16.5 Å². The van der Waals surface area contributed by atoms with E-state index in [1.54, 1.807) is 0 Å². The maximum absolute atomic E-state index is 10.8. The first kappa shape index (κ1) is 14.0. The van der Waals surface area contributed by atoms with Gasteiger partial charge < -0.3 is 9.84 Å². The van der Waals surface area contributed by atoms with Crippen LogP contribution in [0.1, 0.15) is 32.8 Å². The van der Waals surface area contributed by atoms with Gasteiger partial charge in [0.25, 0.3) is 5.69 Å². The van der Waals surface area contributed by atoms with Crippen LogP contribution < -0.4 is 4.74 Å². The minimum Gasteiger partial charge on any atom is -0.449 e. The van der Waals surface area contributed by atoms with Gasteiger partial charge in [-0.25, -0.2) is 4.79 Å². The lowest BCUT2D eigenvalue weighted by molar-refractivity contribution is -0.385. The van der Waals surface area contributed by atoms with Crippen molar-refractivity contribution in [2.24, 2.45) is 0 Å². The molecule has 0 bridgehead atoms. The van der Waals surface area contributed by atoms with Gasteiger partial charge in [0.2, 0.25) is 0 Å². The van der Waals surface area contributed by atoms with Crippen LogP contribution in [0.3, 0.4) is 0 Å². The fraction of sp³-hybridized carbons (Fsp3) is 0.417. The molecule has 1 aromatic carbocycles. The summed E-state index contributed by atoms with van der Waals surface area (Å²) in [5, 5.41) is 19.4. The first-order valence-electron chi connectivity index (χ1n) is 5.47. The first-order valence-corrected chi connectivity index (χ1v) is 5.47. The van der Waals surface area contributed by atoms with Crippen LogP contribution in [-0.4, -0.2) is 16.2 Å². The van der Waals surface area contributed by atoms with Gasteiger partial charge in [-0.3, -0.25) is 10.1 Å². The summed E-state index contributed by atoms with van der Waals surface area (Å²) in [7, 11) is 0. The molecule has 1 N–H and O–H groups in total. The van der Waals surface area contributed by atoms with E-state index in [0.717, 1.165) is 0 Å². The quantitative estimate of drug-likeness (QED) is 0.384. The lowest BCUT2D eigenvalue weighted by Gasteiger charge is -2.24. The Morgan fingerprint density at radius 1 is 1.50 bits per heavy atom. The number of carboxylic acid groups (broad SMARTS) is 1. The monoisotopic (exact) mass is 253 g/mol. The molecule has 0 aliphatic rings. The number of nitro benzene ring substituents is 1. The second kappa shape index (κ2) is 5.03. The van der Waals surface area contributed by atoms with Gasteiger partial charge in [0.05, 0.1) is 4.92 Å². The Kier molecular flexibility index (Phi) is 3.90. The highest BCUT2D eigenvalue weighted by Crippen LogP contribution is 2.36. The van der Waals surface area contributed by atoms with Gasteiger partial charge in [-0.15, -0.1) is 0 Å². The maximum Gasteiger partial charge on any atom is 0.511 e. The van der Waals surface area contributed by atoms with Gasteiger partial charge in [-0.2, -0.15) is 0 Å². The summed E-state index contributed by atoms with van der Waals surface area (Å²) in [6, 6.07) is 3.91. The number of rotatable bonds is 4. The summed E-state index contributed by atoms with van der Waals surface area (Å²) in [6.45, 7) is 5.67. The van der Waals surface area contributed by atoms with Crippen LogP contribution in [0.5, 0.6) is 5.75 Å². The maximum atomic E-state index is 10.8. The van der Waals surface area contributed by atoms with Crippen molar-refractivity contribution in [3.05, 3.63) is 33.9 Å². The molecule has 18 heavy (non-hydrogen) atoms. The van der Waals surface area contributed by atoms with E-state index in [1.165, 1.54) is 18.2 Å². The minimum atomic E-state index is -1.43. The summed E-state index contributed by atoms with van der Waals surface area (Å²) in [5.74, 6) is 0.139. The van der Waals surface area contributed by atoms with Crippen LogP contribution in [0, 0.1) is 10.1 Å². The molecule has 0 saturated carbocycles. The number of benzene rings is 1. The smallest absolute Gasteiger partial charge is 0.449 e. The third-order valence-corrected chi connectivity index (χ3v) is 2.98. The molecule has 0 spiro atoms. The Bertz CT molecular complexity index is 481. The lowest BCUT2D eigenvalue weighted by Crippen LogP contribution is -2.18. The van der Waals surface area contributed by atoms with Crippen molar-refractivity contribution < 1.29 is 19.6 Å². The highest BCUT2D eigenvalue weighted by atomic mass is 16.7. The Labute approximate surface area is 104 Å². The van der Waals surface area contributed by atoms with E-state index in [0.29, 0.717) is 12.0 Å². The van der Waals surface area contributed by atoms with Gasteiger partial charge >= 0.3 is 6.16 Å². The molecule has 6 nitrogen and oxygen atoms in total. The molecule has 0 aliphatic carbocycles. The van der Waals surface area contributed by atoms with Crippen LogP contribution in [-0.2, 0) is 5.41 Å². The molecule has 6 heteroatoms. The Balaban J connectivity index is 3.35. The first-order chi connectivity index (χ1) is 8.27. The average Bonchev–Trinajstić information content (AvgIpc) is 2.28. The van der Waals surface area contributed by atoms with Crippen molar-refractivity contribution in [3.63, 3.8) is 0 Å². The summed E-state index contributed by atoms with van der Waals surface area (Å²) >= 11 is 0. The van der Waals surface area contributed by atoms with Crippen LogP contribution >= 0.6 is 0 Å². The molecule has 0 atom stereocenters. The van der Waals surface area contributed by atoms with Crippen LogP contribution in [0.25, 0.3) is 0 Å². The summed E-state index contributed by atoms with van der Waals surface area (Å²) in [6.07, 6.45) is -0.735. The largest absolute Gasteiger partial charge is 0.511 e. The highest BCUT2D eigenvalue weighted by Gasteiger charge is 2.26. The predicted molar refractivity (Wildman–Crippen MR) is 65.1 cm³/mol. The van der Waals surface area contributed by atoms with Gasteiger partial charge in [-0.05, 0) is 17.9 Å². The zero-order valence-electron chi connectivity index (χ0n) is 10.5. The van der Waals surface area contributed by atoms with Gasteiger partial charge in [0.15, 0.2) is 0 Å². The van der Waals surface area contributed by atoms with Crippen molar-refractivity contribution in [2.75, 3.05) is 0 Å². The molecular formula is C12H15NO5. The van der Waals surface area contributed by atoms with Crippen LogP contribution in [0.2, 0.25) is 0 Å². The standard InChI is InChI=1S/C12H15NO5/c1-4-12(2,3)9-7-8(13(16)17)5-6-10(9)18-11(14)15/h5-7H,4H2,1-3H3,(H,14,15). The SMILES string of the molecule is CCC(C)(C)c1cc([N+](=O)[O-])ccc1OC(=O)O. The van der Waals surface area contributed by atoms with E-state index in [1.807, 2.05) is 20.8 Å². The number of non-ortho nitro benzene ring substituents is 1. The minimum absolute atomic E-state index is 0.0794. The van der Waals surface area contributed by atoms with Crippen LogP contribution in [0.15, 0.2) is 18.2 Å². The van der Waals surface area contributed by atoms with Crippen molar-refractivity contribution in [3.8, 4) is 5.75 Å². The fourth-order valence-electron chi connectivity index (χ4n) is 1.53. The number of carbonyl (C=O) groups is 1. The number of hydrogen-bond acceptors (Lipinski definition) is 4. The van der Waals surface area contributed by atoms with Crippen LogP contribution in [0.4, 0.5) is 10.5 Å². The zero-order chi connectivity index (χ0) is 13.9. The van der Waals surface area contributed by atoms with Crippen molar-refractivity contribution >= 4 is 11.8 Å². The average molecular weight is 253 g/mol. The van der Waals surface area contributed by atoms with E-state index in [9.17, 15) is 14.9 Å². The van der Waals surface area contributed by atoms with Crippen molar-refractivity contribution in [2.45, 2.75) is 32.6 Å². The Hall–Kier alpha value is -2.11. The Morgan fingerprint density at radius 3 is 2.56 bits per heavy atom. The normalized spacial score (nSPS) is 11.1. The third-order valence-electron chi connectivity index (χ3n) is 2.98. The molecule has 1 aromatic rings. The molecule has 0 aromatic heterocycles. The second-order valence-electron chi connectivity index (χ2n) is 4.54. The zero-order valence-corrected chi connectivity index (χ0v) is 10.5. The number of nitrogens with zero attached hydrogens (tertiary/aromatic N) is 1. The summed E-state index contributed by atoms with van der Waals surface area (Å²) in [4.78, 5) is 20.8. The van der Waals surface area contributed by atoms with Crippen molar-refractivity contribution in [1.82, 2.24) is 0 Å². The molecule has 0 amide bonds. The molecule has 0 radical (unpaired) electrons. The molecule has 0 saturated heterocycles. The molecule has 1 rings (SSSR count). The van der Waals surface area contributed by atoms with E-state index >= 15 is 0 Å². The molecule has 98 valence electrons. The predicted octanol–water partition coefficient (Wildman–Crippen LogP) is 3.34. The fourth-order valence-corrected chi connectivity index (χ4v) is 1.53. The topological polar surface area (TPSA) is 89.7 Å². The Morgan fingerprint density at radius 2 is 2.11 bits per heavy atom. The van der Waals surface area contributed by atoms with E-state index in [-0.39, 0.29) is 11.4 Å². The van der Waals surface area contributed by atoms with Gasteiger partial charge in [0.1, 0.15) is 5.75 Å². The lowest BCUT2D eigenvalue weighted by atomic mass is 9.81. The summed E-state index contributed by atoms with van der Waals surface area (Å²) < 4.78 is 4.66. The van der Waals surface area contributed by atoms with E-state index in [2.05, 4.69) is 4.74 Å². The number of hydrogen-bond donors (Lipinski definition) is 1. The summed E-state index contributed by atoms with van der Waals surface area (Å²) in [5.41, 5.74) is 0.0300. The molecule has 0 fully saturated rings. The van der Waals surface area contributed by atoms with Gasteiger partial charge in [0, 0.05) is 17.7 Å². The van der Waals surface area contributed by atoms with E-state index in [4.69, 9.17) is 5.11 Å². The third kappa shape index (κ3) is 2.97. The number of nitro groups is 1. The number of ether oxygens (including phenoxy) is 1.